The van der Waals surface area contributed by atoms with Crippen LogP contribution in [0.1, 0.15) is 70.2 Å². The van der Waals surface area contributed by atoms with Crippen LogP contribution in [0.5, 0.6) is 23.0 Å². The summed E-state index contributed by atoms with van der Waals surface area (Å²) in [6.07, 6.45) is 3.34. The Bertz CT molecular complexity index is 1380. The molecule has 4 N–H and O–H groups in total. The van der Waals surface area contributed by atoms with E-state index in [0.29, 0.717) is 23.0 Å². The highest BCUT2D eigenvalue weighted by Crippen LogP contribution is 2.56. The van der Waals surface area contributed by atoms with Crippen LogP contribution in [0.2, 0.25) is 0 Å². The Morgan fingerprint density at radius 1 is 0.405 bits per heavy atom. The number of hydrogen-bond acceptors (Lipinski definition) is 4. The predicted octanol–water partition coefficient (Wildman–Crippen LogP) is 10.0. The molecule has 5 rings (SSSR count). The molecule has 0 heterocycles. The molecule has 0 spiro atoms. The van der Waals surface area contributed by atoms with Gasteiger partial charge in [-0.05, 0) is 213 Å². The molecule has 0 aromatic heterocycles. The van der Waals surface area contributed by atoms with Crippen LogP contribution < -0.4 is 0 Å². The summed E-state index contributed by atoms with van der Waals surface area (Å²) in [4.78, 5) is 0. The third kappa shape index (κ3) is 5.52. The standard InChI is InChI=1S/C34H32I4O4/c1-17-9-21(13-25(35)29(17)39)33(22-10-18(2)30(40)26(36)14-22)5-7-34(8-6-33,23-11-19(3)31(41)27(37)15-23)24-12-20(4)32(42)28(38)16-24/h9-16,39-42H,5-8H2,1-4H3. The average Bonchev–Trinajstić information content (AvgIpc) is 2.95. The Kier molecular flexibility index (Phi) is 9.31. The molecule has 8 heteroatoms. The number of aryl methyl sites for hydroxylation is 4. The molecule has 0 atom stereocenters. The van der Waals surface area contributed by atoms with E-state index in [2.05, 4.69) is 139 Å². The highest BCUT2D eigenvalue weighted by molar-refractivity contribution is 14.1. The van der Waals surface area contributed by atoms with Gasteiger partial charge in [0.1, 0.15) is 23.0 Å². The van der Waals surface area contributed by atoms with Crippen LogP contribution >= 0.6 is 90.4 Å². The Morgan fingerprint density at radius 2 is 0.595 bits per heavy atom. The Hall–Kier alpha value is -1.00. The van der Waals surface area contributed by atoms with Crippen molar-refractivity contribution in [1.29, 1.82) is 0 Å². The molecule has 220 valence electrons. The third-order valence-corrected chi connectivity index (χ3v) is 12.5. The van der Waals surface area contributed by atoms with Crippen LogP contribution in [0.4, 0.5) is 0 Å². The number of aromatic hydroxyl groups is 4. The highest BCUT2D eigenvalue weighted by Gasteiger charge is 2.47. The Morgan fingerprint density at radius 3 is 0.762 bits per heavy atom. The van der Waals surface area contributed by atoms with Gasteiger partial charge in [-0.3, -0.25) is 0 Å². The molecule has 1 fully saturated rings. The summed E-state index contributed by atoms with van der Waals surface area (Å²) < 4.78 is 3.32. The summed E-state index contributed by atoms with van der Waals surface area (Å²) in [6.45, 7) is 7.82. The fourth-order valence-electron chi connectivity index (χ4n) is 6.64. The zero-order chi connectivity index (χ0) is 30.7. The van der Waals surface area contributed by atoms with E-state index in [-0.39, 0.29) is 10.8 Å². The minimum absolute atomic E-state index is 0.319. The average molecular weight is 1010 g/mol. The van der Waals surface area contributed by atoms with E-state index in [1.54, 1.807) is 0 Å². The summed E-state index contributed by atoms with van der Waals surface area (Å²) in [5, 5.41) is 42.6. The molecule has 1 aliphatic rings. The van der Waals surface area contributed by atoms with Gasteiger partial charge in [-0.15, -0.1) is 0 Å². The van der Waals surface area contributed by atoms with Crippen LogP contribution in [0.3, 0.4) is 0 Å². The largest absolute Gasteiger partial charge is 0.507 e. The molecule has 0 unspecified atom stereocenters. The van der Waals surface area contributed by atoms with E-state index < -0.39 is 0 Å². The molecule has 42 heavy (non-hydrogen) atoms. The zero-order valence-corrected chi connectivity index (χ0v) is 32.4. The second kappa shape index (κ2) is 12.1. The minimum atomic E-state index is -0.335. The second-order valence-corrected chi connectivity index (χ2v) is 16.3. The summed E-state index contributed by atoms with van der Waals surface area (Å²) in [5.74, 6) is 1.28. The van der Waals surface area contributed by atoms with Crippen molar-refractivity contribution in [2.75, 3.05) is 0 Å². The topological polar surface area (TPSA) is 80.9 Å². The van der Waals surface area contributed by atoms with Gasteiger partial charge in [-0.2, -0.15) is 0 Å². The van der Waals surface area contributed by atoms with Crippen molar-refractivity contribution in [2.45, 2.75) is 64.2 Å². The number of halogens is 4. The van der Waals surface area contributed by atoms with Crippen LogP contribution in [-0.4, -0.2) is 20.4 Å². The fraction of sp³-hybridized carbons (Fsp3) is 0.294. The maximum atomic E-state index is 10.7. The van der Waals surface area contributed by atoms with E-state index in [9.17, 15) is 20.4 Å². The summed E-state index contributed by atoms with van der Waals surface area (Å²) in [5.41, 5.74) is 7.42. The van der Waals surface area contributed by atoms with Gasteiger partial charge >= 0.3 is 0 Å². The first-order chi connectivity index (χ1) is 19.7. The van der Waals surface area contributed by atoms with Gasteiger partial charge in [0.2, 0.25) is 0 Å². The van der Waals surface area contributed by atoms with Crippen LogP contribution in [0.25, 0.3) is 0 Å². The van der Waals surface area contributed by atoms with E-state index in [0.717, 1.165) is 62.2 Å². The third-order valence-electron chi connectivity index (χ3n) is 9.18. The monoisotopic (exact) mass is 1010 g/mol. The Labute approximate surface area is 301 Å². The molecule has 0 bridgehead atoms. The van der Waals surface area contributed by atoms with Crippen molar-refractivity contribution >= 4 is 90.4 Å². The van der Waals surface area contributed by atoms with E-state index in [1.807, 2.05) is 27.7 Å². The lowest BCUT2D eigenvalue weighted by Crippen LogP contribution is -2.41. The SMILES string of the molecule is Cc1cc(C2(c3cc(C)c(O)c(I)c3)CCC(c3cc(C)c(O)c(I)c3)(c3cc(C)c(O)c(I)c3)CC2)cc(I)c1O. The lowest BCUT2D eigenvalue weighted by Gasteiger charge is -2.48. The van der Waals surface area contributed by atoms with Gasteiger partial charge in [0.15, 0.2) is 0 Å². The molecular formula is C34H32I4O4. The number of phenols is 4. The lowest BCUT2D eigenvalue weighted by molar-refractivity contribution is 0.255. The van der Waals surface area contributed by atoms with Crippen LogP contribution in [0, 0.1) is 42.0 Å². The number of hydrogen-bond donors (Lipinski definition) is 4. The smallest absolute Gasteiger partial charge is 0.131 e. The zero-order valence-electron chi connectivity index (χ0n) is 23.7. The van der Waals surface area contributed by atoms with Crippen LogP contribution in [0.15, 0.2) is 48.5 Å². The summed E-state index contributed by atoms with van der Waals surface area (Å²) in [7, 11) is 0. The molecule has 4 aromatic carbocycles. The maximum Gasteiger partial charge on any atom is 0.131 e. The molecule has 1 aliphatic carbocycles. The van der Waals surface area contributed by atoms with E-state index >= 15 is 0 Å². The first-order valence-electron chi connectivity index (χ1n) is 13.7. The van der Waals surface area contributed by atoms with Crippen molar-refractivity contribution < 1.29 is 20.4 Å². The molecular weight excluding hydrogens is 980 g/mol. The molecule has 4 nitrogen and oxygen atoms in total. The van der Waals surface area contributed by atoms with Gasteiger partial charge in [-0.1, -0.05) is 24.3 Å². The number of benzene rings is 4. The first kappa shape index (κ1) is 32.4. The number of rotatable bonds is 4. The molecule has 1 saturated carbocycles. The van der Waals surface area contributed by atoms with Gasteiger partial charge in [0.05, 0.1) is 14.3 Å². The van der Waals surface area contributed by atoms with Gasteiger partial charge in [0.25, 0.3) is 0 Å². The number of phenolic OH excluding ortho intramolecular Hbond substituents is 4. The van der Waals surface area contributed by atoms with Crippen molar-refractivity contribution in [1.82, 2.24) is 0 Å². The van der Waals surface area contributed by atoms with Crippen molar-refractivity contribution in [3.8, 4) is 23.0 Å². The molecule has 0 saturated heterocycles. The van der Waals surface area contributed by atoms with Gasteiger partial charge in [0, 0.05) is 10.8 Å². The van der Waals surface area contributed by atoms with E-state index in [1.165, 1.54) is 22.3 Å². The maximum absolute atomic E-state index is 10.7. The summed E-state index contributed by atoms with van der Waals surface area (Å²) in [6, 6.07) is 17.0. The van der Waals surface area contributed by atoms with Crippen molar-refractivity contribution in [2.24, 2.45) is 0 Å². The minimum Gasteiger partial charge on any atom is -0.507 e. The van der Waals surface area contributed by atoms with Gasteiger partial charge < -0.3 is 20.4 Å². The highest BCUT2D eigenvalue weighted by atomic mass is 127. The first-order valence-corrected chi connectivity index (χ1v) is 18.0. The van der Waals surface area contributed by atoms with Crippen molar-refractivity contribution in [3.05, 3.63) is 107 Å². The molecule has 0 amide bonds. The summed E-state index contributed by atoms with van der Waals surface area (Å²) >= 11 is 8.89. The van der Waals surface area contributed by atoms with Crippen LogP contribution in [-0.2, 0) is 10.8 Å². The fourth-order valence-corrected chi connectivity index (χ4v) is 9.69. The molecule has 0 radical (unpaired) electrons. The van der Waals surface area contributed by atoms with E-state index in [4.69, 9.17) is 0 Å². The predicted molar refractivity (Wildman–Crippen MR) is 202 cm³/mol. The van der Waals surface area contributed by atoms with Gasteiger partial charge in [-0.25, -0.2) is 0 Å². The molecule has 4 aromatic rings. The quantitative estimate of drug-likeness (QED) is 0.154. The lowest BCUT2D eigenvalue weighted by atomic mass is 9.55. The van der Waals surface area contributed by atoms with Crippen molar-refractivity contribution in [3.63, 3.8) is 0 Å². The second-order valence-electron chi connectivity index (χ2n) is 11.7. The Balaban J connectivity index is 1.75. The molecule has 0 aliphatic heterocycles. The normalized spacial score (nSPS) is 16.0.